The van der Waals surface area contributed by atoms with E-state index in [9.17, 15) is 19.5 Å². The zero-order valence-corrected chi connectivity index (χ0v) is 18.0. The van der Waals surface area contributed by atoms with Gasteiger partial charge in [-0.2, -0.15) is 0 Å². The zero-order chi connectivity index (χ0) is 21.2. The van der Waals surface area contributed by atoms with Gasteiger partial charge >= 0.3 is 12.0 Å². The number of aromatic nitrogens is 1. The van der Waals surface area contributed by atoms with Crippen LogP contribution in [0.2, 0.25) is 0 Å². The molecule has 2 heterocycles. The van der Waals surface area contributed by atoms with Crippen LogP contribution in [0.5, 0.6) is 0 Å². The molecule has 1 aromatic carbocycles. The van der Waals surface area contributed by atoms with E-state index in [0.717, 1.165) is 10.5 Å². The second-order valence-corrected chi connectivity index (χ2v) is 7.82. The summed E-state index contributed by atoms with van der Waals surface area (Å²) in [7, 11) is 0. The summed E-state index contributed by atoms with van der Waals surface area (Å²) in [5, 5.41) is 9.76. The highest BCUT2D eigenvalue weighted by atomic mass is 35.5. The summed E-state index contributed by atoms with van der Waals surface area (Å²) in [5.74, 6) is -1.70. The Hall–Kier alpha value is -2.93. The van der Waals surface area contributed by atoms with Crippen LogP contribution in [0.15, 0.2) is 54.9 Å². The van der Waals surface area contributed by atoms with Crippen molar-refractivity contribution in [3.8, 4) is 0 Å². The SMILES string of the molecule is CC(C)C[C@@H](C(=O)O)N1C(=O)N(Cc2ccccc2)[C@@](C)(c2ccncc2)C1=O.Cl. The quantitative estimate of drug-likeness (QED) is 0.675. The smallest absolute Gasteiger partial charge is 0.329 e. The van der Waals surface area contributed by atoms with E-state index >= 15 is 0 Å². The van der Waals surface area contributed by atoms with Gasteiger partial charge in [-0.3, -0.25) is 9.78 Å². The molecule has 2 aromatic rings. The van der Waals surface area contributed by atoms with Crippen LogP contribution in [-0.2, 0) is 21.7 Å². The highest BCUT2D eigenvalue weighted by molar-refractivity contribution is 6.09. The first-order chi connectivity index (χ1) is 13.8. The van der Waals surface area contributed by atoms with E-state index in [-0.39, 0.29) is 31.3 Å². The van der Waals surface area contributed by atoms with Gasteiger partial charge in [0.2, 0.25) is 0 Å². The Bertz CT molecular complexity index is 907. The van der Waals surface area contributed by atoms with E-state index in [1.807, 2.05) is 44.2 Å². The van der Waals surface area contributed by atoms with Gasteiger partial charge in [-0.15, -0.1) is 12.4 Å². The van der Waals surface area contributed by atoms with Crippen molar-refractivity contribution < 1.29 is 19.5 Å². The number of carboxylic acid groups (broad SMARTS) is 1. The standard InChI is InChI=1S/C22H25N3O4.ClH/c1-15(2)13-18(19(26)27)25-20(28)22(3,17-9-11-23-12-10-17)24(21(25)29)14-16-7-5-4-6-8-16;/h4-12,15,18H,13-14H2,1-3H3,(H,26,27);1H/t18-,22-;/m0./s1. The van der Waals surface area contributed by atoms with Crippen molar-refractivity contribution in [2.45, 2.75) is 45.3 Å². The van der Waals surface area contributed by atoms with Crippen LogP contribution in [-0.4, -0.2) is 43.8 Å². The molecule has 1 N–H and O–H groups in total. The van der Waals surface area contributed by atoms with Crippen LogP contribution in [0.3, 0.4) is 0 Å². The van der Waals surface area contributed by atoms with Gasteiger partial charge in [0.05, 0.1) is 0 Å². The van der Waals surface area contributed by atoms with Crippen LogP contribution >= 0.6 is 12.4 Å². The number of carbonyl (C=O) groups is 3. The van der Waals surface area contributed by atoms with Crippen molar-refractivity contribution in [1.29, 1.82) is 0 Å². The van der Waals surface area contributed by atoms with Crippen molar-refractivity contribution in [1.82, 2.24) is 14.8 Å². The van der Waals surface area contributed by atoms with Gasteiger partial charge in [0.25, 0.3) is 5.91 Å². The third-order valence-corrected chi connectivity index (χ3v) is 5.33. The molecule has 7 nitrogen and oxygen atoms in total. The normalized spacial score (nSPS) is 19.7. The van der Waals surface area contributed by atoms with Crippen molar-refractivity contribution in [2.75, 3.05) is 0 Å². The minimum Gasteiger partial charge on any atom is -0.480 e. The number of pyridine rings is 1. The molecule has 0 spiro atoms. The lowest BCUT2D eigenvalue weighted by Gasteiger charge is -2.32. The maximum absolute atomic E-state index is 13.5. The van der Waals surface area contributed by atoms with Crippen molar-refractivity contribution in [2.24, 2.45) is 5.92 Å². The van der Waals surface area contributed by atoms with Crippen molar-refractivity contribution in [3.05, 3.63) is 66.0 Å². The number of carbonyl (C=O) groups excluding carboxylic acids is 2. The number of aliphatic carboxylic acids is 1. The molecular formula is C22H26ClN3O4. The van der Waals surface area contributed by atoms with Gasteiger partial charge < -0.3 is 10.0 Å². The molecule has 1 aliphatic rings. The molecular weight excluding hydrogens is 406 g/mol. The summed E-state index contributed by atoms with van der Waals surface area (Å²) in [6, 6.07) is 10.9. The average Bonchev–Trinajstić information content (AvgIpc) is 2.89. The number of carboxylic acids is 1. The third-order valence-electron chi connectivity index (χ3n) is 5.33. The lowest BCUT2D eigenvalue weighted by Crippen LogP contribution is -2.47. The van der Waals surface area contributed by atoms with Crippen LogP contribution in [0.1, 0.15) is 38.3 Å². The summed E-state index contributed by atoms with van der Waals surface area (Å²) >= 11 is 0. The first-order valence-electron chi connectivity index (χ1n) is 9.59. The molecule has 0 unspecified atom stereocenters. The molecule has 3 rings (SSSR count). The number of rotatable bonds is 7. The Balaban J connectivity index is 0.00000320. The lowest BCUT2D eigenvalue weighted by atomic mass is 9.90. The number of nitrogens with zero attached hydrogens (tertiary/aromatic N) is 3. The predicted molar refractivity (Wildman–Crippen MR) is 114 cm³/mol. The maximum atomic E-state index is 13.5. The van der Waals surface area contributed by atoms with Crippen molar-refractivity contribution >= 4 is 30.3 Å². The third kappa shape index (κ3) is 4.16. The van der Waals surface area contributed by atoms with Gasteiger partial charge in [-0.1, -0.05) is 44.2 Å². The maximum Gasteiger partial charge on any atom is 0.329 e. The number of hydrogen-bond donors (Lipinski definition) is 1. The number of urea groups is 1. The molecule has 1 aliphatic heterocycles. The summed E-state index contributed by atoms with van der Waals surface area (Å²) in [6.45, 7) is 5.59. The highest BCUT2D eigenvalue weighted by Gasteiger charge is 2.58. The molecule has 1 saturated heterocycles. The second kappa shape index (κ2) is 9.26. The number of amides is 3. The summed E-state index contributed by atoms with van der Waals surface area (Å²) in [4.78, 5) is 45.3. The van der Waals surface area contributed by atoms with E-state index in [1.165, 1.54) is 4.90 Å². The lowest BCUT2D eigenvalue weighted by molar-refractivity contribution is -0.148. The fourth-order valence-electron chi connectivity index (χ4n) is 3.74. The first-order valence-corrected chi connectivity index (χ1v) is 9.59. The largest absolute Gasteiger partial charge is 0.480 e. The average molecular weight is 432 g/mol. The highest BCUT2D eigenvalue weighted by Crippen LogP contribution is 2.40. The summed E-state index contributed by atoms with van der Waals surface area (Å²) < 4.78 is 0. The van der Waals surface area contributed by atoms with E-state index in [2.05, 4.69) is 4.98 Å². The number of benzene rings is 1. The van der Waals surface area contributed by atoms with Gasteiger partial charge in [0.15, 0.2) is 0 Å². The minimum absolute atomic E-state index is 0. The van der Waals surface area contributed by atoms with Gasteiger partial charge in [0, 0.05) is 18.9 Å². The fraction of sp³-hybridized carbons (Fsp3) is 0.364. The molecule has 0 aliphatic carbocycles. The van der Waals surface area contributed by atoms with E-state index < -0.39 is 29.5 Å². The molecule has 0 saturated carbocycles. The molecule has 8 heteroatoms. The van der Waals surface area contributed by atoms with Gasteiger partial charge in [-0.25, -0.2) is 14.5 Å². The molecule has 0 radical (unpaired) electrons. The number of halogens is 1. The monoisotopic (exact) mass is 431 g/mol. The Morgan fingerprint density at radius 2 is 1.70 bits per heavy atom. The Morgan fingerprint density at radius 3 is 2.23 bits per heavy atom. The molecule has 2 atom stereocenters. The van der Waals surface area contributed by atoms with Gasteiger partial charge in [0.1, 0.15) is 11.6 Å². The van der Waals surface area contributed by atoms with Crippen LogP contribution in [0.25, 0.3) is 0 Å². The van der Waals surface area contributed by atoms with Crippen LogP contribution in [0.4, 0.5) is 4.79 Å². The topological polar surface area (TPSA) is 90.8 Å². The first kappa shape index (κ1) is 23.3. The van der Waals surface area contributed by atoms with Crippen LogP contribution < -0.4 is 0 Å². The second-order valence-electron chi connectivity index (χ2n) is 7.82. The van der Waals surface area contributed by atoms with E-state index in [0.29, 0.717) is 5.56 Å². The Morgan fingerprint density at radius 1 is 1.10 bits per heavy atom. The molecule has 3 amide bonds. The molecule has 0 bridgehead atoms. The molecule has 1 fully saturated rings. The molecule has 1 aromatic heterocycles. The van der Waals surface area contributed by atoms with E-state index in [1.54, 1.807) is 31.5 Å². The van der Waals surface area contributed by atoms with Gasteiger partial charge in [-0.05, 0) is 42.5 Å². The Kier molecular flexibility index (Phi) is 7.21. The fourth-order valence-corrected chi connectivity index (χ4v) is 3.74. The summed E-state index contributed by atoms with van der Waals surface area (Å²) in [5.41, 5.74) is 0.130. The summed E-state index contributed by atoms with van der Waals surface area (Å²) in [6.07, 6.45) is 3.31. The van der Waals surface area contributed by atoms with E-state index in [4.69, 9.17) is 0 Å². The Labute approximate surface area is 182 Å². The predicted octanol–water partition coefficient (Wildman–Crippen LogP) is 3.68. The zero-order valence-electron chi connectivity index (χ0n) is 17.2. The van der Waals surface area contributed by atoms with Crippen LogP contribution in [0, 0.1) is 5.92 Å². The molecule has 30 heavy (non-hydrogen) atoms. The van der Waals surface area contributed by atoms with Crippen molar-refractivity contribution in [3.63, 3.8) is 0 Å². The number of imide groups is 1. The number of hydrogen-bond acceptors (Lipinski definition) is 4. The minimum atomic E-state index is -1.32. The molecule has 160 valence electrons.